The Morgan fingerprint density at radius 3 is 2.61 bits per heavy atom. The van der Waals surface area contributed by atoms with Crippen LogP contribution in [0.25, 0.3) is 11.4 Å². The second kappa shape index (κ2) is 10.3. The highest BCUT2D eigenvalue weighted by molar-refractivity contribution is 7.98. The maximum Gasteiger partial charge on any atom is 0.230 e. The molecule has 0 bridgehead atoms. The van der Waals surface area contributed by atoms with Crippen molar-refractivity contribution in [2.24, 2.45) is 5.14 Å². The van der Waals surface area contributed by atoms with Crippen LogP contribution in [0.15, 0.2) is 60.9 Å². The summed E-state index contributed by atoms with van der Waals surface area (Å²) in [6.07, 6.45) is 2.63. The van der Waals surface area contributed by atoms with E-state index < -0.39 is 39.6 Å². The second-order valence-corrected chi connectivity index (χ2v) is 9.93. The highest BCUT2D eigenvalue weighted by atomic mass is 32.2. The molecule has 186 valence electrons. The predicted octanol–water partition coefficient (Wildman–Crippen LogP) is 4.36. The SMILES string of the molecule is CS(N)(=O)=Cc1cccc(Nc2ncnc(-c3ccc(F)cc3OCc3cc(F)cc(F)c3F)n2)c1. The Bertz CT molecular complexity index is 1550. The first-order valence-electron chi connectivity index (χ1n) is 10.3. The third-order valence-corrected chi connectivity index (χ3v) is 5.46. The van der Waals surface area contributed by atoms with Gasteiger partial charge in [-0.2, -0.15) is 4.98 Å². The summed E-state index contributed by atoms with van der Waals surface area (Å²) in [5.41, 5.74) is 1.05. The first-order valence-corrected chi connectivity index (χ1v) is 12.4. The molecule has 7 nitrogen and oxygen atoms in total. The van der Waals surface area contributed by atoms with E-state index in [2.05, 4.69) is 20.3 Å². The monoisotopic (exact) mass is 517 g/mol. The largest absolute Gasteiger partial charge is 0.488 e. The maximum absolute atomic E-state index is 14.0. The number of aromatic nitrogens is 3. The van der Waals surface area contributed by atoms with Crippen LogP contribution in [0.4, 0.5) is 29.2 Å². The summed E-state index contributed by atoms with van der Waals surface area (Å²) in [6.45, 7) is -0.571. The maximum atomic E-state index is 14.0. The predicted molar refractivity (Wildman–Crippen MR) is 129 cm³/mol. The third-order valence-electron chi connectivity index (χ3n) is 4.72. The molecule has 0 aliphatic rings. The molecule has 3 N–H and O–H groups in total. The molecule has 0 saturated heterocycles. The Kier molecular flexibility index (Phi) is 7.17. The van der Waals surface area contributed by atoms with Gasteiger partial charge in [0.25, 0.3) is 0 Å². The number of hydrogen-bond acceptors (Lipinski definition) is 6. The molecule has 0 saturated carbocycles. The van der Waals surface area contributed by atoms with Crippen LogP contribution in [0, 0.1) is 23.3 Å². The summed E-state index contributed by atoms with van der Waals surface area (Å²) in [6, 6.07) is 11.6. The highest BCUT2D eigenvalue weighted by Gasteiger charge is 2.16. The Hall–Kier alpha value is -4.03. The minimum atomic E-state index is -2.60. The summed E-state index contributed by atoms with van der Waals surface area (Å²) in [5, 5.41) is 10.0. The molecule has 0 aliphatic heterocycles. The number of anilines is 2. The van der Waals surface area contributed by atoms with Crippen molar-refractivity contribution in [3.63, 3.8) is 0 Å². The molecule has 0 fully saturated rings. The van der Waals surface area contributed by atoms with Crippen molar-refractivity contribution in [2.75, 3.05) is 11.6 Å². The Morgan fingerprint density at radius 2 is 1.83 bits per heavy atom. The molecule has 1 atom stereocenters. The summed E-state index contributed by atoms with van der Waals surface area (Å²) >= 11 is 0. The number of ether oxygens (including phenoxy) is 1. The summed E-state index contributed by atoms with van der Waals surface area (Å²) in [5.74, 6) is -4.12. The lowest BCUT2D eigenvalue weighted by atomic mass is 10.1. The van der Waals surface area contributed by atoms with E-state index >= 15 is 0 Å². The van der Waals surface area contributed by atoms with Gasteiger partial charge >= 0.3 is 0 Å². The lowest BCUT2D eigenvalue weighted by Crippen LogP contribution is -2.13. The zero-order valence-electron chi connectivity index (χ0n) is 18.7. The zero-order valence-corrected chi connectivity index (χ0v) is 19.5. The quantitative estimate of drug-likeness (QED) is 0.215. The van der Waals surface area contributed by atoms with Crippen molar-refractivity contribution in [3.05, 3.63) is 95.3 Å². The van der Waals surface area contributed by atoms with Crippen LogP contribution in [0.2, 0.25) is 0 Å². The zero-order chi connectivity index (χ0) is 25.9. The van der Waals surface area contributed by atoms with Gasteiger partial charge < -0.3 is 10.1 Å². The topological polar surface area (TPSA) is 103 Å². The van der Waals surface area contributed by atoms with Crippen molar-refractivity contribution in [1.82, 2.24) is 15.0 Å². The third kappa shape index (κ3) is 6.34. The van der Waals surface area contributed by atoms with E-state index in [1.54, 1.807) is 24.3 Å². The van der Waals surface area contributed by atoms with E-state index in [0.717, 1.165) is 18.2 Å². The number of hydrogen-bond donors (Lipinski definition) is 2. The van der Waals surface area contributed by atoms with Crippen LogP contribution in [-0.2, 0) is 16.3 Å². The van der Waals surface area contributed by atoms with Gasteiger partial charge in [-0.25, -0.2) is 27.5 Å². The van der Waals surface area contributed by atoms with Crippen molar-refractivity contribution >= 4 is 26.7 Å². The molecule has 1 heterocycles. The summed E-state index contributed by atoms with van der Waals surface area (Å²) < 4.78 is 72.3. The average molecular weight is 518 g/mol. The first kappa shape index (κ1) is 25.1. The van der Waals surface area contributed by atoms with Gasteiger partial charge in [0, 0.05) is 44.7 Å². The fraction of sp³-hybridized carbons (Fsp3) is 0.0833. The lowest BCUT2D eigenvalue weighted by molar-refractivity contribution is 0.295. The van der Waals surface area contributed by atoms with E-state index in [0.29, 0.717) is 17.3 Å². The Morgan fingerprint density at radius 1 is 1.03 bits per heavy atom. The molecule has 0 spiro atoms. The van der Waals surface area contributed by atoms with E-state index in [1.165, 1.54) is 24.0 Å². The minimum Gasteiger partial charge on any atom is -0.488 e. The number of benzene rings is 3. The second-order valence-electron chi connectivity index (χ2n) is 7.76. The molecule has 0 radical (unpaired) electrons. The van der Waals surface area contributed by atoms with Crippen LogP contribution < -0.4 is 15.2 Å². The lowest BCUT2D eigenvalue weighted by Gasteiger charge is -2.13. The van der Waals surface area contributed by atoms with Crippen LogP contribution in [0.5, 0.6) is 5.75 Å². The highest BCUT2D eigenvalue weighted by Crippen LogP contribution is 2.30. The number of halogens is 4. The first-order chi connectivity index (χ1) is 17.1. The van der Waals surface area contributed by atoms with Crippen LogP contribution in [0.1, 0.15) is 11.1 Å². The van der Waals surface area contributed by atoms with Crippen molar-refractivity contribution in [2.45, 2.75) is 6.61 Å². The van der Waals surface area contributed by atoms with Crippen LogP contribution in [-0.4, -0.2) is 30.8 Å². The van der Waals surface area contributed by atoms with Gasteiger partial charge in [0.2, 0.25) is 5.95 Å². The normalized spacial score (nSPS) is 12.6. The smallest absolute Gasteiger partial charge is 0.230 e. The average Bonchev–Trinajstić information content (AvgIpc) is 2.80. The molecule has 36 heavy (non-hydrogen) atoms. The molecule has 4 rings (SSSR count). The van der Waals surface area contributed by atoms with Crippen molar-refractivity contribution in [1.29, 1.82) is 0 Å². The van der Waals surface area contributed by atoms with E-state index in [1.807, 2.05) is 0 Å². The molecule has 4 aromatic rings. The standard InChI is InChI=1S/C24H19F4N5O2S/c1-36(29,34)12-14-3-2-4-18(7-14)32-24-31-13-30-23(33-24)19-6-5-16(25)10-21(19)35-11-15-8-17(26)9-20(27)22(15)28/h2-10,12-13H,11H2,1H3,(H2,29,34)(H,30,31,32,33). The molecular weight excluding hydrogens is 498 g/mol. The van der Waals surface area contributed by atoms with Crippen LogP contribution >= 0.6 is 0 Å². The molecule has 0 aliphatic carbocycles. The van der Waals surface area contributed by atoms with Gasteiger partial charge in [0.15, 0.2) is 17.5 Å². The Labute approximate surface area is 204 Å². The number of nitrogens with zero attached hydrogens (tertiary/aromatic N) is 3. The van der Waals surface area contributed by atoms with Gasteiger partial charge in [-0.1, -0.05) is 12.1 Å². The fourth-order valence-corrected chi connectivity index (χ4v) is 3.93. The van der Waals surface area contributed by atoms with Gasteiger partial charge in [-0.15, -0.1) is 0 Å². The van der Waals surface area contributed by atoms with Gasteiger partial charge in [0.1, 0.15) is 30.3 Å². The fourth-order valence-electron chi connectivity index (χ4n) is 3.25. The minimum absolute atomic E-state index is 0.0755. The van der Waals surface area contributed by atoms with Crippen LogP contribution in [0.3, 0.4) is 0 Å². The van der Waals surface area contributed by atoms with E-state index in [4.69, 9.17) is 9.88 Å². The van der Waals surface area contributed by atoms with Gasteiger partial charge in [-0.05, 0) is 35.9 Å². The number of nitrogens with two attached hydrogens (primary N) is 1. The molecule has 1 aromatic heterocycles. The Balaban J connectivity index is 1.61. The molecule has 12 heteroatoms. The molecule has 3 aromatic carbocycles. The number of nitrogens with one attached hydrogen (secondary N) is 1. The van der Waals surface area contributed by atoms with Crippen molar-refractivity contribution in [3.8, 4) is 17.1 Å². The van der Waals surface area contributed by atoms with Crippen molar-refractivity contribution < 1.29 is 26.5 Å². The van der Waals surface area contributed by atoms with Gasteiger partial charge in [0.05, 0.1) is 5.56 Å². The molecule has 1 unspecified atom stereocenters. The molecular formula is C24H19F4N5O2S. The number of rotatable bonds is 7. The summed E-state index contributed by atoms with van der Waals surface area (Å²) in [4.78, 5) is 12.5. The van der Waals surface area contributed by atoms with E-state index in [-0.39, 0.29) is 28.6 Å². The van der Waals surface area contributed by atoms with E-state index in [9.17, 15) is 21.8 Å². The van der Waals surface area contributed by atoms with Gasteiger partial charge in [-0.3, -0.25) is 9.35 Å². The summed E-state index contributed by atoms with van der Waals surface area (Å²) in [7, 11) is -2.60. The molecule has 0 amide bonds.